The van der Waals surface area contributed by atoms with Gasteiger partial charge in [0.2, 0.25) is 0 Å². The number of hydrogen-bond acceptors (Lipinski definition) is 2. The van der Waals surface area contributed by atoms with Crippen LogP contribution < -0.4 is 0 Å². The summed E-state index contributed by atoms with van der Waals surface area (Å²) < 4.78 is 5.61. The normalized spacial score (nSPS) is 33.6. The topological polar surface area (TPSA) is 26.3 Å². The highest BCUT2D eigenvalue weighted by Crippen LogP contribution is 2.34. The van der Waals surface area contributed by atoms with Gasteiger partial charge < -0.3 is 9.53 Å². The highest BCUT2D eigenvalue weighted by molar-refractivity contribution is 5.55. The van der Waals surface area contributed by atoms with E-state index in [1.807, 2.05) is 6.92 Å². The molecule has 0 aromatic carbocycles. The summed E-state index contributed by atoms with van der Waals surface area (Å²) in [6.45, 7) is 4.86. The predicted molar refractivity (Wildman–Crippen MR) is 43.4 cm³/mol. The molecule has 64 valence electrons. The van der Waals surface area contributed by atoms with Crippen LogP contribution in [0.3, 0.4) is 0 Å². The standard InChI is InChI=1S/C9H16O2/c1-3-9(8(2)7-10)5-4-6-11-9/h7-8H,3-6H2,1-2H3. The zero-order valence-electron chi connectivity index (χ0n) is 7.30. The van der Waals surface area contributed by atoms with Crippen molar-refractivity contribution in [1.82, 2.24) is 0 Å². The van der Waals surface area contributed by atoms with Crippen LogP contribution in [0.1, 0.15) is 33.1 Å². The summed E-state index contributed by atoms with van der Waals surface area (Å²) in [5, 5.41) is 0. The molecule has 1 rings (SSSR count). The summed E-state index contributed by atoms with van der Waals surface area (Å²) in [4.78, 5) is 10.6. The number of rotatable bonds is 3. The first kappa shape index (κ1) is 8.72. The summed E-state index contributed by atoms with van der Waals surface area (Å²) >= 11 is 0. The molecule has 0 spiro atoms. The SMILES string of the molecule is CCC1(C(C)C=O)CCCO1. The van der Waals surface area contributed by atoms with Crippen molar-refractivity contribution in [1.29, 1.82) is 0 Å². The van der Waals surface area contributed by atoms with E-state index in [9.17, 15) is 4.79 Å². The Balaban J connectivity index is 2.65. The molecule has 2 atom stereocenters. The lowest BCUT2D eigenvalue weighted by Gasteiger charge is -2.30. The van der Waals surface area contributed by atoms with Crippen LogP contribution in [0.4, 0.5) is 0 Å². The average molecular weight is 156 g/mol. The maximum atomic E-state index is 10.6. The molecular weight excluding hydrogens is 140 g/mol. The van der Waals surface area contributed by atoms with Gasteiger partial charge in [0.1, 0.15) is 6.29 Å². The zero-order valence-corrected chi connectivity index (χ0v) is 7.30. The molecule has 11 heavy (non-hydrogen) atoms. The molecular formula is C9H16O2. The number of hydrogen-bond donors (Lipinski definition) is 0. The van der Waals surface area contributed by atoms with Gasteiger partial charge in [0.15, 0.2) is 0 Å². The molecule has 0 saturated carbocycles. The van der Waals surface area contributed by atoms with E-state index in [4.69, 9.17) is 4.74 Å². The van der Waals surface area contributed by atoms with E-state index in [1.54, 1.807) is 0 Å². The van der Waals surface area contributed by atoms with E-state index in [1.165, 1.54) is 0 Å². The molecule has 1 aliphatic rings. The van der Waals surface area contributed by atoms with Gasteiger partial charge in [0.05, 0.1) is 5.60 Å². The van der Waals surface area contributed by atoms with E-state index in [0.717, 1.165) is 32.2 Å². The first-order valence-corrected chi connectivity index (χ1v) is 4.34. The van der Waals surface area contributed by atoms with E-state index < -0.39 is 0 Å². The molecule has 2 unspecified atom stereocenters. The molecule has 2 heteroatoms. The molecule has 0 aromatic heterocycles. The zero-order chi connectivity index (χ0) is 8.32. The van der Waals surface area contributed by atoms with Crippen molar-refractivity contribution in [2.45, 2.75) is 38.7 Å². The minimum atomic E-state index is -0.123. The molecule has 0 bridgehead atoms. The minimum absolute atomic E-state index is 0.0509. The second kappa shape index (κ2) is 3.35. The fourth-order valence-corrected chi connectivity index (χ4v) is 1.80. The molecule has 2 nitrogen and oxygen atoms in total. The molecule has 0 aliphatic carbocycles. The van der Waals surface area contributed by atoms with Crippen LogP contribution in [-0.2, 0) is 9.53 Å². The Hall–Kier alpha value is -0.370. The van der Waals surface area contributed by atoms with Crippen molar-refractivity contribution in [3.63, 3.8) is 0 Å². The molecule has 1 aliphatic heterocycles. The third-order valence-corrected chi connectivity index (χ3v) is 2.77. The molecule has 0 N–H and O–H groups in total. The number of aldehydes is 1. The minimum Gasteiger partial charge on any atom is -0.374 e. The van der Waals surface area contributed by atoms with Gasteiger partial charge in [-0.2, -0.15) is 0 Å². The first-order chi connectivity index (χ1) is 5.25. The Morgan fingerprint density at radius 2 is 2.45 bits per heavy atom. The van der Waals surface area contributed by atoms with Crippen molar-refractivity contribution < 1.29 is 9.53 Å². The van der Waals surface area contributed by atoms with E-state index >= 15 is 0 Å². The number of ether oxygens (including phenoxy) is 1. The van der Waals surface area contributed by atoms with Crippen LogP contribution in [0.5, 0.6) is 0 Å². The van der Waals surface area contributed by atoms with Crippen molar-refractivity contribution >= 4 is 6.29 Å². The smallest absolute Gasteiger partial charge is 0.125 e. The van der Waals surface area contributed by atoms with Crippen molar-refractivity contribution in [3.8, 4) is 0 Å². The summed E-state index contributed by atoms with van der Waals surface area (Å²) in [7, 11) is 0. The van der Waals surface area contributed by atoms with Crippen molar-refractivity contribution in [3.05, 3.63) is 0 Å². The summed E-state index contributed by atoms with van der Waals surface area (Å²) in [6, 6.07) is 0. The average Bonchev–Trinajstić information content (AvgIpc) is 2.52. The monoisotopic (exact) mass is 156 g/mol. The number of carbonyl (C=O) groups is 1. The van der Waals surface area contributed by atoms with E-state index in [0.29, 0.717) is 0 Å². The third-order valence-electron chi connectivity index (χ3n) is 2.77. The van der Waals surface area contributed by atoms with Gasteiger partial charge in [-0.1, -0.05) is 13.8 Å². The summed E-state index contributed by atoms with van der Waals surface area (Å²) in [5.74, 6) is 0.0509. The fraction of sp³-hybridized carbons (Fsp3) is 0.889. The lowest BCUT2D eigenvalue weighted by atomic mass is 9.85. The maximum Gasteiger partial charge on any atom is 0.125 e. The van der Waals surface area contributed by atoms with Gasteiger partial charge in [-0.25, -0.2) is 0 Å². The Morgan fingerprint density at radius 1 is 1.73 bits per heavy atom. The Labute approximate surface area is 67.9 Å². The lowest BCUT2D eigenvalue weighted by Crippen LogP contribution is -2.35. The van der Waals surface area contributed by atoms with Crippen LogP contribution in [0.25, 0.3) is 0 Å². The van der Waals surface area contributed by atoms with Gasteiger partial charge >= 0.3 is 0 Å². The number of carbonyl (C=O) groups excluding carboxylic acids is 1. The second-order valence-corrected chi connectivity index (χ2v) is 3.30. The van der Waals surface area contributed by atoms with Crippen LogP contribution in [-0.4, -0.2) is 18.5 Å². The largest absolute Gasteiger partial charge is 0.374 e. The van der Waals surface area contributed by atoms with Crippen molar-refractivity contribution in [2.24, 2.45) is 5.92 Å². The Morgan fingerprint density at radius 3 is 2.82 bits per heavy atom. The molecule has 0 amide bonds. The van der Waals surface area contributed by atoms with Gasteiger partial charge in [0.25, 0.3) is 0 Å². The summed E-state index contributed by atoms with van der Waals surface area (Å²) in [6.07, 6.45) is 4.11. The molecule has 1 fully saturated rings. The van der Waals surface area contributed by atoms with Crippen molar-refractivity contribution in [2.75, 3.05) is 6.61 Å². The van der Waals surface area contributed by atoms with Crippen LogP contribution in [0.2, 0.25) is 0 Å². The van der Waals surface area contributed by atoms with Crippen LogP contribution in [0, 0.1) is 5.92 Å². The van der Waals surface area contributed by atoms with Gasteiger partial charge in [-0.05, 0) is 19.3 Å². The highest BCUT2D eigenvalue weighted by atomic mass is 16.5. The van der Waals surface area contributed by atoms with Gasteiger partial charge in [0, 0.05) is 12.5 Å². The van der Waals surface area contributed by atoms with Gasteiger partial charge in [-0.3, -0.25) is 0 Å². The van der Waals surface area contributed by atoms with Crippen LogP contribution >= 0.6 is 0 Å². The third kappa shape index (κ3) is 1.45. The molecule has 0 radical (unpaired) electrons. The lowest BCUT2D eigenvalue weighted by molar-refractivity contribution is -0.120. The maximum absolute atomic E-state index is 10.6. The molecule has 1 saturated heterocycles. The first-order valence-electron chi connectivity index (χ1n) is 4.34. The molecule has 1 heterocycles. The van der Waals surface area contributed by atoms with E-state index in [-0.39, 0.29) is 11.5 Å². The summed E-state index contributed by atoms with van der Waals surface area (Å²) in [5.41, 5.74) is -0.123. The van der Waals surface area contributed by atoms with Crippen LogP contribution in [0.15, 0.2) is 0 Å². The van der Waals surface area contributed by atoms with Gasteiger partial charge in [-0.15, -0.1) is 0 Å². The predicted octanol–water partition coefficient (Wildman–Crippen LogP) is 1.78. The quantitative estimate of drug-likeness (QED) is 0.582. The Kier molecular flexibility index (Phi) is 2.66. The Bertz CT molecular complexity index is 136. The molecule has 0 aromatic rings. The second-order valence-electron chi connectivity index (χ2n) is 3.30. The van der Waals surface area contributed by atoms with E-state index in [2.05, 4.69) is 6.92 Å². The fourth-order valence-electron chi connectivity index (χ4n) is 1.80. The highest BCUT2D eigenvalue weighted by Gasteiger charge is 2.38.